The summed E-state index contributed by atoms with van der Waals surface area (Å²) in [6.45, 7) is 3.67. The predicted molar refractivity (Wildman–Crippen MR) is 78.1 cm³/mol. The summed E-state index contributed by atoms with van der Waals surface area (Å²) in [5.74, 6) is 0.670. The zero-order chi connectivity index (χ0) is 13.1. The van der Waals surface area contributed by atoms with Crippen LogP contribution in [0.25, 0.3) is 0 Å². The van der Waals surface area contributed by atoms with Gasteiger partial charge in [-0.1, -0.05) is 15.9 Å². The van der Waals surface area contributed by atoms with Crippen molar-refractivity contribution >= 4 is 33.4 Å². The van der Waals surface area contributed by atoms with E-state index in [1.54, 1.807) is 0 Å². The summed E-state index contributed by atoms with van der Waals surface area (Å²) in [6.07, 6.45) is 2.01. The van der Waals surface area contributed by atoms with Crippen LogP contribution >= 0.6 is 27.5 Å². The number of likely N-dealkylation sites (tertiary alicyclic amines) is 1. The Morgan fingerprint density at radius 3 is 2.39 bits per heavy atom. The van der Waals surface area contributed by atoms with Gasteiger partial charge < -0.3 is 4.90 Å². The van der Waals surface area contributed by atoms with Crippen molar-refractivity contribution in [2.24, 2.45) is 5.92 Å². The maximum absolute atomic E-state index is 12.3. The highest BCUT2D eigenvalue weighted by molar-refractivity contribution is 9.10. The third kappa shape index (κ3) is 3.27. The minimum atomic E-state index is 0.128. The molecule has 1 aromatic rings. The predicted octanol–water partition coefficient (Wildman–Crippen LogP) is 3.93. The molecular formula is C14H17BrClNO. The summed E-state index contributed by atoms with van der Waals surface area (Å²) in [7, 11) is 0. The first-order chi connectivity index (χ1) is 8.58. The van der Waals surface area contributed by atoms with Crippen LogP contribution in [0.5, 0.6) is 0 Å². The number of benzene rings is 1. The van der Waals surface area contributed by atoms with Crippen LogP contribution in [0.4, 0.5) is 0 Å². The van der Waals surface area contributed by atoms with E-state index in [0.29, 0.717) is 5.92 Å². The first-order valence-corrected chi connectivity index (χ1v) is 7.50. The molecule has 1 aromatic carbocycles. The standard InChI is InChI=1S/C14H17BrClNO/c1-10(16)11-6-8-17(9-7-11)14(18)12-2-4-13(15)5-3-12/h2-5,10-11H,6-9H2,1H3. The average Bonchev–Trinajstić information content (AvgIpc) is 2.39. The van der Waals surface area contributed by atoms with Gasteiger partial charge in [0.05, 0.1) is 0 Å². The molecule has 0 radical (unpaired) electrons. The number of hydrogen-bond donors (Lipinski definition) is 0. The van der Waals surface area contributed by atoms with Crippen molar-refractivity contribution in [1.29, 1.82) is 0 Å². The van der Waals surface area contributed by atoms with Crippen LogP contribution in [0.1, 0.15) is 30.1 Å². The van der Waals surface area contributed by atoms with Crippen LogP contribution in [0.2, 0.25) is 0 Å². The molecular weight excluding hydrogens is 314 g/mol. The van der Waals surface area contributed by atoms with Crippen molar-refractivity contribution in [1.82, 2.24) is 4.90 Å². The molecule has 0 N–H and O–H groups in total. The van der Waals surface area contributed by atoms with E-state index in [4.69, 9.17) is 11.6 Å². The highest BCUT2D eigenvalue weighted by Gasteiger charge is 2.25. The number of nitrogens with zero attached hydrogens (tertiary/aromatic N) is 1. The van der Waals surface area contributed by atoms with Gasteiger partial charge in [-0.25, -0.2) is 0 Å². The Labute approximate surface area is 121 Å². The number of carbonyl (C=O) groups is 1. The lowest BCUT2D eigenvalue weighted by Crippen LogP contribution is -2.40. The Hall–Kier alpha value is -0.540. The van der Waals surface area contributed by atoms with Crippen LogP contribution in [-0.4, -0.2) is 29.3 Å². The van der Waals surface area contributed by atoms with Crippen LogP contribution in [0.15, 0.2) is 28.7 Å². The van der Waals surface area contributed by atoms with E-state index in [2.05, 4.69) is 15.9 Å². The van der Waals surface area contributed by atoms with Gasteiger partial charge in [-0.05, 0) is 49.9 Å². The van der Waals surface area contributed by atoms with Crippen molar-refractivity contribution < 1.29 is 4.79 Å². The Kier molecular flexibility index (Phi) is 4.68. The first kappa shape index (κ1) is 13.9. The summed E-state index contributed by atoms with van der Waals surface area (Å²) < 4.78 is 0.994. The molecule has 98 valence electrons. The van der Waals surface area contributed by atoms with Gasteiger partial charge >= 0.3 is 0 Å². The van der Waals surface area contributed by atoms with Gasteiger partial charge in [-0.15, -0.1) is 11.6 Å². The molecule has 1 amide bonds. The maximum Gasteiger partial charge on any atom is 0.253 e. The van der Waals surface area contributed by atoms with Gasteiger partial charge in [0, 0.05) is 28.5 Å². The second kappa shape index (κ2) is 6.07. The molecule has 1 heterocycles. The summed E-state index contributed by atoms with van der Waals surface area (Å²) >= 11 is 9.48. The molecule has 4 heteroatoms. The summed E-state index contributed by atoms with van der Waals surface area (Å²) in [6, 6.07) is 7.53. The molecule has 1 saturated heterocycles. The van der Waals surface area contributed by atoms with Gasteiger partial charge in [0.1, 0.15) is 0 Å². The SMILES string of the molecule is CC(Cl)C1CCN(C(=O)c2ccc(Br)cc2)CC1. The number of amides is 1. The molecule has 1 atom stereocenters. The molecule has 1 aliphatic heterocycles. The normalized spacial score (nSPS) is 18.7. The van der Waals surface area contributed by atoms with Gasteiger partial charge in [0.2, 0.25) is 0 Å². The van der Waals surface area contributed by atoms with E-state index in [0.717, 1.165) is 36.0 Å². The number of halogens is 2. The van der Waals surface area contributed by atoms with E-state index in [-0.39, 0.29) is 11.3 Å². The van der Waals surface area contributed by atoms with Crippen molar-refractivity contribution in [3.63, 3.8) is 0 Å². The molecule has 1 aliphatic rings. The fourth-order valence-electron chi connectivity index (χ4n) is 2.34. The Morgan fingerprint density at radius 2 is 1.89 bits per heavy atom. The fourth-order valence-corrected chi connectivity index (χ4v) is 2.85. The third-order valence-corrected chi connectivity index (χ3v) is 4.45. The summed E-state index contributed by atoms with van der Waals surface area (Å²) in [5, 5.41) is 0.204. The Balaban J connectivity index is 1.97. The molecule has 0 spiro atoms. The Morgan fingerprint density at radius 1 is 1.33 bits per heavy atom. The minimum absolute atomic E-state index is 0.128. The topological polar surface area (TPSA) is 20.3 Å². The van der Waals surface area contributed by atoms with Gasteiger partial charge in [0.25, 0.3) is 5.91 Å². The molecule has 1 unspecified atom stereocenters. The molecule has 0 bridgehead atoms. The number of alkyl halides is 1. The van der Waals surface area contributed by atoms with E-state index >= 15 is 0 Å². The number of piperidine rings is 1. The largest absolute Gasteiger partial charge is 0.339 e. The number of rotatable bonds is 2. The molecule has 18 heavy (non-hydrogen) atoms. The highest BCUT2D eigenvalue weighted by Crippen LogP contribution is 2.25. The quantitative estimate of drug-likeness (QED) is 0.752. The van der Waals surface area contributed by atoms with Crippen molar-refractivity contribution in [3.8, 4) is 0 Å². The fraction of sp³-hybridized carbons (Fsp3) is 0.500. The van der Waals surface area contributed by atoms with Crippen LogP contribution in [-0.2, 0) is 0 Å². The van der Waals surface area contributed by atoms with E-state index in [9.17, 15) is 4.79 Å². The van der Waals surface area contributed by atoms with Gasteiger partial charge in [-0.3, -0.25) is 4.79 Å². The average molecular weight is 331 g/mol. The van der Waals surface area contributed by atoms with Crippen LogP contribution in [0.3, 0.4) is 0 Å². The lowest BCUT2D eigenvalue weighted by molar-refractivity contribution is 0.0690. The van der Waals surface area contributed by atoms with E-state index in [1.807, 2.05) is 36.1 Å². The van der Waals surface area contributed by atoms with Gasteiger partial charge in [0.15, 0.2) is 0 Å². The van der Waals surface area contributed by atoms with Crippen molar-refractivity contribution in [3.05, 3.63) is 34.3 Å². The zero-order valence-electron chi connectivity index (χ0n) is 10.4. The molecule has 1 fully saturated rings. The second-order valence-electron chi connectivity index (χ2n) is 4.81. The second-order valence-corrected chi connectivity index (χ2v) is 6.42. The number of hydrogen-bond acceptors (Lipinski definition) is 1. The van der Waals surface area contributed by atoms with Crippen LogP contribution in [0, 0.1) is 5.92 Å². The zero-order valence-corrected chi connectivity index (χ0v) is 12.7. The minimum Gasteiger partial charge on any atom is -0.339 e. The summed E-state index contributed by atoms with van der Waals surface area (Å²) in [4.78, 5) is 14.2. The van der Waals surface area contributed by atoms with E-state index in [1.165, 1.54) is 0 Å². The first-order valence-electron chi connectivity index (χ1n) is 6.27. The third-order valence-electron chi connectivity index (χ3n) is 3.57. The molecule has 0 aromatic heterocycles. The van der Waals surface area contributed by atoms with Crippen molar-refractivity contribution in [2.75, 3.05) is 13.1 Å². The molecule has 2 nitrogen and oxygen atoms in total. The van der Waals surface area contributed by atoms with E-state index < -0.39 is 0 Å². The van der Waals surface area contributed by atoms with Gasteiger partial charge in [-0.2, -0.15) is 0 Å². The lowest BCUT2D eigenvalue weighted by Gasteiger charge is -2.33. The van der Waals surface area contributed by atoms with Crippen LogP contribution < -0.4 is 0 Å². The maximum atomic E-state index is 12.3. The smallest absolute Gasteiger partial charge is 0.253 e. The summed E-state index contributed by atoms with van der Waals surface area (Å²) in [5.41, 5.74) is 0.760. The molecule has 2 rings (SSSR count). The monoisotopic (exact) mass is 329 g/mol. The van der Waals surface area contributed by atoms with Crippen molar-refractivity contribution in [2.45, 2.75) is 25.1 Å². The Bertz CT molecular complexity index is 410. The molecule has 0 aliphatic carbocycles. The lowest BCUT2D eigenvalue weighted by atomic mass is 9.93. The molecule has 0 saturated carbocycles. The number of carbonyl (C=O) groups excluding carboxylic acids is 1. The highest BCUT2D eigenvalue weighted by atomic mass is 79.9.